The van der Waals surface area contributed by atoms with Gasteiger partial charge in [-0.05, 0) is 56.3 Å². The highest BCUT2D eigenvalue weighted by Gasteiger charge is 2.22. The molecule has 106 valence electrons. The maximum absolute atomic E-state index is 8.91. The molecule has 0 atom stereocenters. The molecule has 0 radical (unpaired) electrons. The molecule has 3 rings (SSSR count). The lowest BCUT2D eigenvalue weighted by atomic mass is 9.86. The molecule has 0 bridgehead atoms. The van der Waals surface area contributed by atoms with Crippen LogP contribution in [0.15, 0.2) is 24.4 Å². The van der Waals surface area contributed by atoms with Crippen molar-refractivity contribution in [2.75, 3.05) is 6.54 Å². The highest BCUT2D eigenvalue weighted by molar-refractivity contribution is 5.85. The van der Waals surface area contributed by atoms with E-state index in [9.17, 15) is 0 Å². The topological polar surface area (TPSA) is 67.6 Å². The van der Waals surface area contributed by atoms with Crippen molar-refractivity contribution in [2.24, 2.45) is 11.7 Å². The highest BCUT2D eigenvalue weighted by atomic mass is 35.5. The summed E-state index contributed by atoms with van der Waals surface area (Å²) < 4.78 is 2.08. The standard InChI is InChI=1S/C15H18N4.ClH/c16-8-11-2-5-14(6-3-11)19-10-13-4-1-12(9-17)7-15(13)18-19;/h1,4,7,10-11,14H,2-3,5-6,8,16H2;1H. The van der Waals surface area contributed by atoms with E-state index in [1.807, 2.05) is 18.2 Å². The molecule has 20 heavy (non-hydrogen) atoms. The van der Waals surface area contributed by atoms with E-state index in [1.165, 1.54) is 12.8 Å². The summed E-state index contributed by atoms with van der Waals surface area (Å²) in [6, 6.07) is 8.33. The molecule has 1 aromatic heterocycles. The normalized spacial score (nSPS) is 22.2. The largest absolute Gasteiger partial charge is 0.330 e. The van der Waals surface area contributed by atoms with Crippen LogP contribution >= 0.6 is 12.4 Å². The van der Waals surface area contributed by atoms with Crippen LogP contribution in [0.25, 0.3) is 10.9 Å². The summed E-state index contributed by atoms with van der Waals surface area (Å²) in [4.78, 5) is 0. The third-order valence-corrected chi connectivity index (χ3v) is 4.18. The van der Waals surface area contributed by atoms with E-state index >= 15 is 0 Å². The lowest BCUT2D eigenvalue weighted by Crippen LogP contribution is -2.23. The molecule has 1 heterocycles. The van der Waals surface area contributed by atoms with Gasteiger partial charge in [0.25, 0.3) is 0 Å². The highest BCUT2D eigenvalue weighted by Crippen LogP contribution is 2.32. The van der Waals surface area contributed by atoms with E-state index in [1.54, 1.807) is 0 Å². The van der Waals surface area contributed by atoms with Gasteiger partial charge in [-0.3, -0.25) is 4.68 Å². The number of nitriles is 1. The number of hydrogen-bond acceptors (Lipinski definition) is 3. The van der Waals surface area contributed by atoms with Crippen LogP contribution in [-0.2, 0) is 0 Å². The van der Waals surface area contributed by atoms with Crippen molar-refractivity contribution in [2.45, 2.75) is 31.7 Å². The summed E-state index contributed by atoms with van der Waals surface area (Å²) in [6.07, 6.45) is 6.80. The van der Waals surface area contributed by atoms with Gasteiger partial charge in [0.1, 0.15) is 0 Å². The Morgan fingerprint density at radius 3 is 2.70 bits per heavy atom. The van der Waals surface area contributed by atoms with Crippen molar-refractivity contribution >= 4 is 23.3 Å². The van der Waals surface area contributed by atoms with E-state index in [4.69, 9.17) is 11.0 Å². The number of benzene rings is 1. The third kappa shape index (κ3) is 2.79. The van der Waals surface area contributed by atoms with Gasteiger partial charge in [-0.15, -0.1) is 12.4 Å². The fourth-order valence-corrected chi connectivity index (χ4v) is 2.94. The van der Waals surface area contributed by atoms with E-state index < -0.39 is 0 Å². The van der Waals surface area contributed by atoms with Crippen molar-refractivity contribution in [1.29, 1.82) is 5.26 Å². The first-order chi connectivity index (χ1) is 9.30. The van der Waals surface area contributed by atoms with Crippen LogP contribution in [0, 0.1) is 17.2 Å². The Morgan fingerprint density at radius 1 is 1.30 bits per heavy atom. The lowest BCUT2D eigenvalue weighted by molar-refractivity contribution is 0.266. The molecule has 1 aliphatic carbocycles. The van der Waals surface area contributed by atoms with Gasteiger partial charge in [0.15, 0.2) is 0 Å². The zero-order valence-electron chi connectivity index (χ0n) is 11.3. The first kappa shape index (κ1) is 14.8. The second kappa shape index (κ2) is 6.25. The fraction of sp³-hybridized carbons (Fsp3) is 0.467. The first-order valence-electron chi connectivity index (χ1n) is 6.89. The zero-order chi connectivity index (χ0) is 13.2. The number of rotatable bonds is 2. The maximum Gasteiger partial charge on any atom is 0.0992 e. The number of nitrogens with zero attached hydrogens (tertiary/aromatic N) is 3. The predicted octanol–water partition coefficient (Wildman–Crippen LogP) is 3.02. The molecule has 0 amide bonds. The van der Waals surface area contributed by atoms with Crippen molar-refractivity contribution in [3.05, 3.63) is 30.0 Å². The van der Waals surface area contributed by atoms with Crippen molar-refractivity contribution in [1.82, 2.24) is 9.78 Å². The van der Waals surface area contributed by atoms with Gasteiger partial charge >= 0.3 is 0 Å². The van der Waals surface area contributed by atoms with Crippen molar-refractivity contribution in [3.63, 3.8) is 0 Å². The Balaban J connectivity index is 0.00000147. The number of halogens is 1. The van der Waals surface area contributed by atoms with Gasteiger partial charge in [-0.1, -0.05) is 0 Å². The second-order valence-electron chi connectivity index (χ2n) is 5.40. The molecular formula is C15H19ClN4. The van der Waals surface area contributed by atoms with Gasteiger partial charge in [-0.2, -0.15) is 10.4 Å². The minimum absolute atomic E-state index is 0. The van der Waals surface area contributed by atoms with Crippen LogP contribution < -0.4 is 5.73 Å². The summed E-state index contributed by atoms with van der Waals surface area (Å²) in [5.74, 6) is 0.686. The van der Waals surface area contributed by atoms with E-state index in [0.29, 0.717) is 17.5 Å². The summed E-state index contributed by atoms with van der Waals surface area (Å²) in [5, 5.41) is 14.7. The van der Waals surface area contributed by atoms with Crippen molar-refractivity contribution in [3.8, 4) is 6.07 Å². The average molecular weight is 291 g/mol. The molecule has 5 heteroatoms. The Labute approximate surface area is 125 Å². The van der Waals surface area contributed by atoms with Crippen molar-refractivity contribution < 1.29 is 0 Å². The molecule has 1 fully saturated rings. The summed E-state index contributed by atoms with van der Waals surface area (Å²) >= 11 is 0. The van der Waals surface area contributed by atoms with E-state index in [0.717, 1.165) is 30.3 Å². The third-order valence-electron chi connectivity index (χ3n) is 4.18. The van der Waals surface area contributed by atoms with Gasteiger partial charge in [0, 0.05) is 11.6 Å². The maximum atomic E-state index is 8.91. The number of hydrogen-bond donors (Lipinski definition) is 1. The monoisotopic (exact) mass is 290 g/mol. The molecule has 0 aliphatic heterocycles. The molecule has 0 saturated heterocycles. The van der Waals surface area contributed by atoms with Crippen LogP contribution in [0.3, 0.4) is 0 Å². The predicted molar refractivity (Wildman–Crippen MR) is 81.7 cm³/mol. The van der Waals surface area contributed by atoms with Gasteiger partial charge in [0.05, 0.1) is 23.2 Å². The van der Waals surface area contributed by atoms with Crippen LogP contribution in [0.2, 0.25) is 0 Å². The van der Waals surface area contributed by atoms with Crippen LogP contribution in [-0.4, -0.2) is 16.3 Å². The molecular weight excluding hydrogens is 272 g/mol. The van der Waals surface area contributed by atoms with E-state index in [2.05, 4.69) is 22.0 Å². The van der Waals surface area contributed by atoms with Gasteiger partial charge < -0.3 is 5.73 Å². The Bertz CT molecular complexity index is 620. The minimum atomic E-state index is 0. The molecule has 4 nitrogen and oxygen atoms in total. The molecule has 0 unspecified atom stereocenters. The van der Waals surface area contributed by atoms with Crippen LogP contribution in [0.1, 0.15) is 37.3 Å². The SMILES string of the molecule is Cl.N#Cc1ccc2cn(C3CCC(CN)CC3)nc2c1. The summed E-state index contributed by atoms with van der Waals surface area (Å²) in [5.41, 5.74) is 7.32. The van der Waals surface area contributed by atoms with Crippen LogP contribution in [0.5, 0.6) is 0 Å². The first-order valence-corrected chi connectivity index (χ1v) is 6.89. The Hall–Kier alpha value is -1.57. The number of nitrogens with two attached hydrogens (primary N) is 1. The quantitative estimate of drug-likeness (QED) is 0.924. The molecule has 1 saturated carbocycles. The average Bonchev–Trinajstić information content (AvgIpc) is 2.90. The zero-order valence-corrected chi connectivity index (χ0v) is 12.1. The number of fused-ring (bicyclic) bond motifs is 1. The molecule has 0 spiro atoms. The van der Waals surface area contributed by atoms with E-state index in [-0.39, 0.29) is 12.4 Å². The molecule has 1 aliphatic rings. The Kier molecular flexibility index (Phi) is 4.64. The summed E-state index contributed by atoms with van der Waals surface area (Å²) in [7, 11) is 0. The smallest absolute Gasteiger partial charge is 0.0992 e. The molecule has 2 N–H and O–H groups in total. The summed E-state index contributed by atoms with van der Waals surface area (Å²) in [6.45, 7) is 0.805. The lowest BCUT2D eigenvalue weighted by Gasteiger charge is -2.27. The molecule has 2 aromatic rings. The van der Waals surface area contributed by atoms with Gasteiger partial charge in [-0.25, -0.2) is 0 Å². The van der Waals surface area contributed by atoms with Gasteiger partial charge in [0.2, 0.25) is 0 Å². The number of aromatic nitrogens is 2. The van der Waals surface area contributed by atoms with Crippen LogP contribution in [0.4, 0.5) is 0 Å². The Morgan fingerprint density at radius 2 is 2.05 bits per heavy atom. The minimum Gasteiger partial charge on any atom is -0.330 e. The second-order valence-corrected chi connectivity index (χ2v) is 5.40. The fourth-order valence-electron chi connectivity index (χ4n) is 2.94. The molecule has 1 aromatic carbocycles.